The van der Waals surface area contributed by atoms with Crippen LogP contribution in [0.5, 0.6) is 0 Å². The van der Waals surface area contributed by atoms with Crippen LogP contribution in [-0.4, -0.2) is 14.6 Å². The molecule has 0 aliphatic heterocycles. The highest BCUT2D eigenvalue weighted by Crippen LogP contribution is 2.37. The van der Waals surface area contributed by atoms with E-state index in [2.05, 4.69) is 0 Å². The fourth-order valence-electron chi connectivity index (χ4n) is 1.24. The van der Waals surface area contributed by atoms with E-state index in [1.807, 2.05) is 0 Å². The maximum Gasteiger partial charge on any atom is 0.395 e. The van der Waals surface area contributed by atoms with Crippen molar-refractivity contribution in [3.63, 3.8) is 0 Å². The minimum atomic E-state index is -4.50. The Balaban J connectivity index is 3.36. The molecule has 90 valence electrons. The fourth-order valence-corrected chi connectivity index (χ4v) is 2.43. The van der Waals surface area contributed by atoms with Crippen molar-refractivity contribution in [1.29, 1.82) is 0 Å². The molecule has 1 aromatic rings. The number of alkyl halides is 3. The minimum Gasteiger partial charge on any atom is -0.207 e. The summed E-state index contributed by atoms with van der Waals surface area (Å²) in [5.74, 6) is -1.88. The molecule has 0 amide bonds. The molecular formula is C9H8ClF3O2S. The molecule has 1 unspecified atom stereocenters. The van der Waals surface area contributed by atoms with Crippen LogP contribution in [0.4, 0.5) is 13.2 Å². The van der Waals surface area contributed by atoms with Gasteiger partial charge in [-0.25, -0.2) is 8.42 Å². The first-order valence-electron chi connectivity index (χ1n) is 4.24. The van der Waals surface area contributed by atoms with Gasteiger partial charge in [-0.1, -0.05) is 18.2 Å². The van der Waals surface area contributed by atoms with Gasteiger partial charge >= 0.3 is 6.18 Å². The lowest BCUT2D eigenvalue weighted by atomic mass is 10.0. The van der Waals surface area contributed by atoms with E-state index in [0.29, 0.717) is 0 Å². The van der Waals surface area contributed by atoms with E-state index in [4.69, 9.17) is 10.7 Å². The van der Waals surface area contributed by atoms with E-state index >= 15 is 0 Å². The van der Waals surface area contributed by atoms with Gasteiger partial charge in [0.2, 0.25) is 0 Å². The highest BCUT2D eigenvalue weighted by atomic mass is 35.7. The van der Waals surface area contributed by atoms with Gasteiger partial charge in [0, 0.05) is 10.7 Å². The predicted molar refractivity (Wildman–Crippen MR) is 54.0 cm³/mol. The van der Waals surface area contributed by atoms with Crippen LogP contribution in [0.25, 0.3) is 0 Å². The fraction of sp³-hybridized carbons (Fsp3) is 0.333. The van der Waals surface area contributed by atoms with Crippen LogP contribution in [0.3, 0.4) is 0 Å². The minimum absolute atomic E-state index is 0.343. The molecule has 0 bridgehead atoms. The predicted octanol–water partition coefficient (Wildman–Crippen LogP) is 3.28. The molecule has 0 N–H and O–H groups in total. The Hall–Kier alpha value is -0.750. The topological polar surface area (TPSA) is 34.1 Å². The first kappa shape index (κ1) is 13.3. The summed E-state index contributed by atoms with van der Waals surface area (Å²) in [5, 5.41) is 0. The average molecular weight is 273 g/mol. The molecule has 7 heteroatoms. The van der Waals surface area contributed by atoms with Gasteiger partial charge in [0.1, 0.15) is 0 Å². The van der Waals surface area contributed by atoms with Crippen LogP contribution in [0.15, 0.2) is 29.2 Å². The Morgan fingerprint density at radius 1 is 1.25 bits per heavy atom. The monoisotopic (exact) mass is 272 g/mol. The van der Waals surface area contributed by atoms with Crippen LogP contribution in [-0.2, 0) is 9.05 Å². The van der Waals surface area contributed by atoms with Gasteiger partial charge in [0.25, 0.3) is 9.05 Å². The molecule has 1 atom stereocenters. The van der Waals surface area contributed by atoms with Crippen LogP contribution in [0.2, 0.25) is 0 Å². The van der Waals surface area contributed by atoms with Gasteiger partial charge < -0.3 is 0 Å². The van der Waals surface area contributed by atoms with Gasteiger partial charge in [-0.15, -0.1) is 0 Å². The number of hydrogen-bond donors (Lipinski definition) is 0. The molecule has 0 spiro atoms. The van der Waals surface area contributed by atoms with Crippen molar-refractivity contribution in [2.45, 2.75) is 23.9 Å². The normalized spacial score (nSPS) is 14.8. The van der Waals surface area contributed by atoms with Gasteiger partial charge in [0.05, 0.1) is 10.8 Å². The van der Waals surface area contributed by atoms with E-state index in [0.717, 1.165) is 19.1 Å². The largest absolute Gasteiger partial charge is 0.395 e. The third-order valence-corrected chi connectivity index (χ3v) is 3.54. The van der Waals surface area contributed by atoms with Crippen molar-refractivity contribution in [3.8, 4) is 0 Å². The Morgan fingerprint density at radius 2 is 1.75 bits per heavy atom. The molecule has 0 radical (unpaired) electrons. The SMILES string of the molecule is CC(c1ccccc1S(=O)(=O)Cl)C(F)(F)F. The lowest BCUT2D eigenvalue weighted by molar-refractivity contribution is -0.146. The summed E-state index contributed by atoms with van der Waals surface area (Å²) in [4.78, 5) is -0.499. The van der Waals surface area contributed by atoms with E-state index in [-0.39, 0.29) is 5.56 Å². The Morgan fingerprint density at radius 3 is 2.19 bits per heavy atom. The van der Waals surface area contributed by atoms with Gasteiger partial charge in [-0.2, -0.15) is 13.2 Å². The first-order chi connectivity index (χ1) is 7.14. The highest BCUT2D eigenvalue weighted by Gasteiger charge is 2.39. The maximum atomic E-state index is 12.5. The quantitative estimate of drug-likeness (QED) is 0.774. The molecule has 1 rings (SSSR count). The molecule has 0 saturated heterocycles. The molecule has 0 aliphatic rings. The summed E-state index contributed by atoms with van der Waals surface area (Å²) < 4.78 is 59.6. The van der Waals surface area contributed by atoms with Crippen molar-refractivity contribution in [1.82, 2.24) is 0 Å². The van der Waals surface area contributed by atoms with Crippen LogP contribution < -0.4 is 0 Å². The summed E-state index contributed by atoms with van der Waals surface area (Å²) >= 11 is 0. The van der Waals surface area contributed by atoms with Gasteiger partial charge in [-0.05, 0) is 18.6 Å². The summed E-state index contributed by atoms with van der Waals surface area (Å²) in [6, 6.07) is 4.82. The molecule has 0 heterocycles. The Labute approximate surface area is 95.5 Å². The number of rotatable bonds is 2. The molecule has 0 saturated carbocycles. The summed E-state index contributed by atoms with van der Waals surface area (Å²) in [6.45, 7) is 0.890. The molecule has 16 heavy (non-hydrogen) atoms. The third kappa shape index (κ3) is 2.89. The molecular weight excluding hydrogens is 265 g/mol. The van der Waals surface area contributed by atoms with Crippen molar-refractivity contribution >= 4 is 19.7 Å². The zero-order chi connectivity index (χ0) is 12.6. The second kappa shape index (κ2) is 4.25. The number of hydrogen-bond acceptors (Lipinski definition) is 2. The van der Waals surface area contributed by atoms with Crippen LogP contribution in [0.1, 0.15) is 18.4 Å². The summed E-state index contributed by atoms with van der Waals surface area (Å²) in [7, 11) is 0.896. The number of benzene rings is 1. The molecule has 0 aromatic heterocycles. The van der Waals surface area contributed by atoms with Crippen molar-refractivity contribution in [3.05, 3.63) is 29.8 Å². The van der Waals surface area contributed by atoms with E-state index in [1.54, 1.807) is 0 Å². The zero-order valence-corrected chi connectivity index (χ0v) is 9.70. The van der Waals surface area contributed by atoms with Gasteiger partial charge in [0.15, 0.2) is 0 Å². The van der Waals surface area contributed by atoms with E-state index < -0.39 is 26.0 Å². The summed E-state index contributed by atoms with van der Waals surface area (Å²) in [6.07, 6.45) is -4.50. The first-order valence-corrected chi connectivity index (χ1v) is 6.55. The summed E-state index contributed by atoms with van der Waals surface area (Å²) in [5.41, 5.74) is -0.343. The molecule has 0 fully saturated rings. The van der Waals surface area contributed by atoms with E-state index in [1.165, 1.54) is 12.1 Å². The van der Waals surface area contributed by atoms with Crippen LogP contribution in [0, 0.1) is 0 Å². The molecule has 1 aromatic carbocycles. The van der Waals surface area contributed by atoms with Crippen LogP contribution >= 0.6 is 10.7 Å². The maximum absolute atomic E-state index is 12.5. The van der Waals surface area contributed by atoms with E-state index in [9.17, 15) is 21.6 Å². The molecule has 2 nitrogen and oxygen atoms in total. The Bertz CT molecular complexity index is 482. The lowest BCUT2D eigenvalue weighted by Gasteiger charge is -2.17. The van der Waals surface area contributed by atoms with Gasteiger partial charge in [-0.3, -0.25) is 0 Å². The zero-order valence-electron chi connectivity index (χ0n) is 8.12. The Kier molecular flexibility index (Phi) is 3.54. The standard InChI is InChI=1S/C9H8ClF3O2S/c1-6(9(11,12)13)7-4-2-3-5-8(7)16(10,14)15/h2-6H,1H3. The smallest absolute Gasteiger partial charge is 0.207 e. The van der Waals surface area contributed by atoms with Crippen molar-refractivity contribution in [2.75, 3.05) is 0 Å². The van der Waals surface area contributed by atoms with Crippen molar-refractivity contribution < 1.29 is 21.6 Å². The molecule has 0 aliphatic carbocycles. The average Bonchev–Trinajstić information content (AvgIpc) is 2.14. The lowest BCUT2D eigenvalue weighted by Crippen LogP contribution is -2.19. The third-order valence-electron chi connectivity index (χ3n) is 2.14. The second-order valence-corrected chi connectivity index (χ2v) is 5.77. The highest BCUT2D eigenvalue weighted by molar-refractivity contribution is 8.13. The van der Waals surface area contributed by atoms with Crippen molar-refractivity contribution in [2.24, 2.45) is 0 Å². The number of halogens is 4. The second-order valence-electron chi connectivity index (χ2n) is 3.24.